The van der Waals surface area contributed by atoms with Gasteiger partial charge in [0.05, 0.1) is 22.3 Å². The van der Waals surface area contributed by atoms with Crippen molar-refractivity contribution in [2.24, 2.45) is 0 Å². The quantitative estimate of drug-likeness (QED) is 0.234. The van der Waals surface area contributed by atoms with Crippen LogP contribution in [-0.4, -0.2) is 9.55 Å². The van der Waals surface area contributed by atoms with Gasteiger partial charge in [-0.15, -0.1) is 0 Å². The van der Waals surface area contributed by atoms with Gasteiger partial charge in [0.1, 0.15) is 22.8 Å². The molecule has 4 aromatic carbocycles. The summed E-state index contributed by atoms with van der Waals surface area (Å²) < 4.78 is 22.8. The van der Waals surface area contributed by atoms with Crippen molar-refractivity contribution in [2.45, 2.75) is 59.8 Å². The van der Waals surface area contributed by atoms with E-state index in [0.717, 1.165) is 50.8 Å². The maximum Gasteiger partial charge on any atom is 0.149 e. The first-order valence-corrected chi connectivity index (χ1v) is 13.5. The van der Waals surface area contributed by atoms with Crippen molar-refractivity contribution >= 4 is 33.0 Å². The Morgan fingerprint density at radius 3 is 2.24 bits per heavy atom. The number of aromatic nitrogens is 2. The lowest BCUT2D eigenvalue weighted by Gasteiger charge is -2.24. The maximum atomic E-state index is 14.1. The molecule has 0 saturated carbocycles. The molecule has 2 heterocycles. The zero-order valence-corrected chi connectivity index (χ0v) is 22.9. The van der Waals surface area contributed by atoms with E-state index in [1.165, 1.54) is 34.5 Å². The highest BCUT2D eigenvalue weighted by Crippen LogP contribution is 2.42. The molecule has 4 heteroatoms. The third-order valence-electron chi connectivity index (χ3n) is 7.70. The average molecular weight is 505 g/mol. The first kappa shape index (κ1) is 24.4. The first-order valence-electron chi connectivity index (χ1n) is 13.5. The molecule has 0 amide bonds. The number of aryl methyl sites for hydroxylation is 2. The molecule has 0 spiro atoms. The molecule has 3 nitrogen and oxygen atoms in total. The number of hydrogen-bond acceptors (Lipinski definition) is 2. The monoisotopic (exact) mass is 504 g/mol. The number of furan rings is 1. The summed E-state index contributed by atoms with van der Waals surface area (Å²) in [7, 11) is 0. The van der Waals surface area contributed by atoms with Gasteiger partial charge in [0.15, 0.2) is 0 Å². The van der Waals surface area contributed by atoms with Gasteiger partial charge in [-0.3, -0.25) is 4.57 Å². The van der Waals surface area contributed by atoms with Crippen LogP contribution in [0.4, 0.5) is 4.39 Å². The van der Waals surface area contributed by atoms with Crippen LogP contribution >= 0.6 is 0 Å². The van der Waals surface area contributed by atoms with Gasteiger partial charge in [0.25, 0.3) is 0 Å². The molecule has 0 N–H and O–H groups in total. The van der Waals surface area contributed by atoms with Crippen LogP contribution in [0.1, 0.15) is 68.7 Å². The molecule has 0 aliphatic carbocycles. The molecule has 0 aliphatic heterocycles. The smallest absolute Gasteiger partial charge is 0.149 e. The lowest BCUT2D eigenvalue weighted by Crippen LogP contribution is -2.10. The summed E-state index contributed by atoms with van der Waals surface area (Å²) in [4.78, 5) is 5.23. The largest absolute Gasteiger partial charge is 0.455 e. The van der Waals surface area contributed by atoms with E-state index in [4.69, 9.17) is 9.40 Å². The third kappa shape index (κ3) is 3.74. The van der Waals surface area contributed by atoms with Crippen molar-refractivity contribution in [2.75, 3.05) is 0 Å². The highest BCUT2D eigenvalue weighted by atomic mass is 19.1. The molecule has 0 fully saturated rings. The van der Waals surface area contributed by atoms with E-state index >= 15 is 0 Å². The van der Waals surface area contributed by atoms with Crippen molar-refractivity contribution in [3.8, 4) is 17.1 Å². The van der Waals surface area contributed by atoms with E-state index in [1.807, 2.05) is 6.07 Å². The molecule has 6 aromatic rings. The normalized spacial score (nSPS) is 12.1. The van der Waals surface area contributed by atoms with Crippen LogP contribution in [0.25, 0.3) is 50.0 Å². The zero-order chi connectivity index (χ0) is 26.7. The van der Waals surface area contributed by atoms with E-state index in [-0.39, 0.29) is 5.82 Å². The van der Waals surface area contributed by atoms with Crippen LogP contribution in [0.2, 0.25) is 0 Å². The Morgan fingerprint density at radius 1 is 0.868 bits per heavy atom. The summed E-state index contributed by atoms with van der Waals surface area (Å²) in [6.07, 6.45) is 0.991. The van der Waals surface area contributed by atoms with Gasteiger partial charge in [0.2, 0.25) is 0 Å². The SMILES string of the molecule is CCc1cc(C(C)C)c(-n2c(-c3c(C)ccc4c3oc3cc(F)ccc34)nc3ccccc32)c(C(C)C)c1. The van der Waals surface area contributed by atoms with Crippen LogP contribution < -0.4 is 0 Å². The fraction of sp³-hybridized carbons (Fsp3) is 0.265. The Bertz CT molecular complexity index is 1810. The van der Waals surface area contributed by atoms with Crippen molar-refractivity contribution in [1.82, 2.24) is 9.55 Å². The number of benzene rings is 4. The number of para-hydroxylation sites is 2. The second-order valence-corrected chi connectivity index (χ2v) is 10.9. The molecule has 0 saturated heterocycles. The van der Waals surface area contributed by atoms with Gasteiger partial charge in [-0.05, 0) is 71.7 Å². The summed E-state index contributed by atoms with van der Waals surface area (Å²) in [6, 6.07) is 22.0. The van der Waals surface area contributed by atoms with Gasteiger partial charge in [-0.25, -0.2) is 9.37 Å². The minimum atomic E-state index is -0.304. The lowest BCUT2D eigenvalue weighted by molar-refractivity contribution is 0.618. The van der Waals surface area contributed by atoms with Gasteiger partial charge in [0, 0.05) is 16.8 Å². The molecular formula is C34H33FN2O. The fourth-order valence-electron chi connectivity index (χ4n) is 5.70. The van der Waals surface area contributed by atoms with Gasteiger partial charge in [-0.1, -0.05) is 71.0 Å². The molecule has 0 unspecified atom stereocenters. The number of rotatable bonds is 5. The van der Waals surface area contributed by atoms with E-state index in [9.17, 15) is 4.39 Å². The Kier molecular flexibility index (Phi) is 5.86. The molecular weight excluding hydrogens is 471 g/mol. The standard InChI is InChI=1S/C34H33FN2O/c1-7-22-16-26(19(2)3)32(27(17-22)20(4)5)37-29-11-9-8-10-28(29)36-34(37)31-21(6)12-14-25-24-15-13-23(35)18-30(24)38-33(25)31/h8-20H,7H2,1-6H3. The third-order valence-corrected chi connectivity index (χ3v) is 7.70. The molecule has 0 radical (unpaired) electrons. The predicted octanol–water partition coefficient (Wildman–Crippen LogP) is 9.85. The summed E-state index contributed by atoms with van der Waals surface area (Å²) in [5.41, 5.74) is 10.5. The van der Waals surface area contributed by atoms with Crippen LogP contribution in [0.15, 0.2) is 71.1 Å². The summed E-state index contributed by atoms with van der Waals surface area (Å²) >= 11 is 0. The number of imidazole rings is 1. The minimum absolute atomic E-state index is 0.304. The topological polar surface area (TPSA) is 31.0 Å². The summed E-state index contributed by atoms with van der Waals surface area (Å²) in [5, 5.41) is 1.87. The van der Waals surface area contributed by atoms with Crippen LogP contribution in [0.3, 0.4) is 0 Å². The Labute approximate surface area is 222 Å². The zero-order valence-electron chi connectivity index (χ0n) is 22.9. The molecule has 6 rings (SSSR count). The van der Waals surface area contributed by atoms with Crippen LogP contribution in [-0.2, 0) is 6.42 Å². The summed E-state index contributed by atoms with van der Waals surface area (Å²) in [5.74, 6) is 1.20. The number of fused-ring (bicyclic) bond motifs is 4. The van der Waals surface area contributed by atoms with E-state index in [1.54, 1.807) is 6.07 Å². The highest BCUT2D eigenvalue weighted by molar-refractivity contribution is 6.10. The Morgan fingerprint density at radius 2 is 1.55 bits per heavy atom. The van der Waals surface area contributed by atoms with Gasteiger partial charge >= 0.3 is 0 Å². The number of halogens is 1. The molecule has 38 heavy (non-hydrogen) atoms. The van der Waals surface area contributed by atoms with E-state index < -0.39 is 0 Å². The van der Waals surface area contributed by atoms with Gasteiger partial charge in [-0.2, -0.15) is 0 Å². The van der Waals surface area contributed by atoms with Crippen LogP contribution in [0.5, 0.6) is 0 Å². The van der Waals surface area contributed by atoms with Crippen molar-refractivity contribution in [3.05, 3.63) is 94.8 Å². The van der Waals surface area contributed by atoms with Crippen LogP contribution in [0, 0.1) is 12.7 Å². The fourth-order valence-corrected chi connectivity index (χ4v) is 5.70. The number of hydrogen-bond donors (Lipinski definition) is 0. The highest BCUT2D eigenvalue weighted by Gasteiger charge is 2.26. The van der Waals surface area contributed by atoms with Crippen molar-refractivity contribution < 1.29 is 8.81 Å². The maximum absolute atomic E-state index is 14.1. The second kappa shape index (κ2) is 9.13. The number of nitrogens with zero attached hydrogens (tertiary/aromatic N) is 2. The van der Waals surface area contributed by atoms with E-state index in [2.05, 4.69) is 88.6 Å². The minimum Gasteiger partial charge on any atom is -0.455 e. The van der Waals surface area contributed by atoms with E-state index in [0.29, 0.717) is 17.4 Å². The average Bonchev–Trinajstić information content (AvgIpc) is 3.45. The molecule has 0 bridgehead atoms. The van der Waals surface area contributed by atoms with Gasteiger partial charge < -0.3 is 4.42 Å². The molecule has 192 valence electrons. The Hall–Kier alpha value is -3.92. The first-order chi connectivity index (χ1) is 18.3. The predicted molar refractivity (Wildman–Crippen MR) is 156 cm³/mol. The molecule has 2 aromatic heterocycles. The Balaban J connectivity index is 1.79. The molecule has 0 atom stereocenters. The lowest BCUT2D eigenvalue weighted by atomic mass is 9.89. The summed E-state index contributed by atoms with van der Waals surface area (Å²) in [6.45, 7) is 13.4. The second-order valence-electron chi connectivity index (χ2n) is 10.9. The molecule has 0 aliphatic rings. The van der Waals surface area contributed by atoms with Crippen molar-refractivity contribution in [3.63, 3.8) is 0 Å². The van der Waals surface area contributed by atoms with Crippen molar-refractivity contribution in [1.29, 1.82) is 0 Å².